The molecule has 0 amide bonds. The molecule has 1 heterocycles. The van der Waals surface area contributed by atoms with Crippen molar-refractivity contribution in [1.29, 1.82) is 0 Å². The van der Waals surface area contributed by atoms with Crippen molar-refractivity contribution in [2.24, 2.45) is 0 Å². The van der Waals surface area contributed by atoms with Gasteiger partial charge < -0.3 is 9.84 Å². The summed E-state index contributed by atoms with van der Waals surface area (Å²) in [6.07, 6.45) is 0.601. The zero-order valence-corrected chi connectivity index (χ0v) is 9.00. The van der Waals surface area contributed by atoms with Gasteiger partial charge in [-0.1, -0.05) is 18.2 Å². The lowest BCUT2D eigenvalue weighted by Gasteiger charge is -2.20. The third-order valence-corrected chi connectivity index (χ3v) is 2.27. The van der Waals surface area contributed by atoms with Crippen LogP contribution in [0.15, 0.2) is 42.6 Å². The van der Waals surface area contributed by atoms with Gasteiger partial charge in [-0.25, -0.2) is 0 Å². The van der Waals surface area contributed by atoms with Crippen LogP contribution in [0.1, 0.15) is 18.7 Å². The number of hydrogen-bond acceptors (Lipinski definition) is 3. The molecule has 0 spiro atoms. The summed E-state index contributed by atoms with van der Waals surface area (Å²) in [6, 6.07) is 11.2. The maximum atomic E-state index is 9.67. The third-order valence-electron chi connectivity index (χ3n) is 2.27. The number of H-pyrrole nitrogens is 1. The van der Waals surface area contributed by atoms with Crippen molar-refractivity contribution in [3.8, 4) is 5.75 Å². The Bertz CT molecular complexity index is 412. The topological polar surface area (TPSA) is 58.1 Å². The summed E-state index contributed by atoms with van der Waals surface area (Å²) in [5.41, 5.74) is 0.763. The van der Waals surface area contributed by atoms with E-state index in [4.69, 9.17) is 4.74 Å². The van der Waals surface area contributed by atoms with Crippen molar-refractivity contribution >= 4 is 0 Å². The molecule has 16 heavy (non-hydrogen) atoms. The van der Waals surface area contributed by atoms with Gasteiger partial charge in [-0.15, -0.1) is 0 Å². The summed E-state index contributed by atoms with van der Waals surface area (Å²) < 4.78 is 5.70. The molecular formula is C12H14N2O2. The summed E-state index contributed by atoms with van der Waals surface area (Å²) in [7, 11) is 0. The fourth-order valence-corrected chi connectivity index (χ4v) is 1.49. The monoisotopic (exact) mass is 218 g/mol. The van der Waals surface area contributed by atoms with Crippen LogP contribution in [0.5, 0.6) is 5.75 Å². The maximum Gasteiger partial charge on any atom is 0.165 e. The summed E-state index contributed by atoms with van der Waals surface area (Å²) >= 11 is 0. The lowest BCUT2D eigenvalue weighted by atomic mass is 10.1. The van der Waals surface area contributed by atoms with Crippen molar-refractivity contribution < 1.29 is 9.84 Å². The number of nitrogens with one attached hydrogen (secondary N) is 1. The SMILES string of the molecule is CC(O)C(Oc1ccccc1)c1ccn[nH]1. The van der Waals surface area contributed by atoms with E-state index >= 15 is 0 Å². The zero-order chi connectivity index (χ0) is 11.4. The van der Waals surface area contributed by atoms with Gasteiger partial charge in [0.25, 0.3) is 0 Å². The molecule has 2 rings (SSSR count). The molecule has 0 aliphatic carbocycles. The summed E-state index contributed by atoms with van der Waals surface area (Å²) in [5, 5.41) is 16.3. The van der Waals surface area contributed by atoms with E-state index in [0.717, 1.165) is 11.4 Å². The number of benzene rings is 1. The molecule has 2 aromatic rings. The number of hydrogen-bond donors (Lipinski definition) is 2. The van der Waals surface area contributed by atoms with Crippen molar-refractivity contribution in [2.45, 2.75) is 19.1 Å². The van der Waals surface area contributed by atoms with E-state index < -0.39 is 12.2 Å². The number of aromatic amines is 1. The average Bonchev–Trinajstić information content (AvgIpc) is 2.80. The van der Waals surface area contributed by atoms with Gasteiger partial charge >= 0.3 is 0 Å². The summed E-state index contributed by atoms with van der Waals surface area (Å²) in [4.78, 5) is 0. The van der Waals surface area contributed by atoms with Crippen molar-refractivity contribution in [3.63, 3.8) is 0 Å². The van der Waals surface area contributed by atoms with Crippen LogP contribution in [0.2, 0.25) is 0 Å². The van der Waals surface area contributed by atoms with E-state index in [-0.39, 0.29) is 0 Å². The van der Waals surface area contributed by atoms with E-state index in [2.05, 4.69) is 10.2 Å². The van der Waals surface area contributed by atoms with Gasteiger partial charge in [-0.3, -0.25) is 5.10 Å². The van der Waals surface area contributed by atoms with Crippen molar-refractivity contribution in [1.82, 2.24) is 10.2 Å². The minimum absolute atomic E-state index is 0.426. The van der Waals surface area contributed by atoms with Crippen molar-refractivity contribution in [3.05, 3.63) is 48.3 Å². The van der Waals surface area contributed by atoms with Crippen LogP contribution in [0.25, 0.3) is 0 Å². The zero-order valence-electron chi connectivity index (χ0n) is 9.00. The minimum Gasteiger partial charge on any atom is -0.481 e. The van der Waals surface area contributed by atoms with Gasteiger partial charge in [0, 0.05) is 6.20 Å². The molecule has 2 atom stereocenters. The highest BCUT2D eigenvalue weighted by molar-refractivity contribution is 5.22. The van der Waals surface area contributed by atoms with E-state index in [0.29, 0.717) is 0 Å². The Labute approximate surface area is 93.9 Å². The number of aliphatic hydroxyl groups is 1. The van der Waals surface area contributed by atoms with Gasteiger partial charge in [-0.2, -0.15) is 5.10 Å². The molecule has 0 aliphatic heterocycles. The van der Waals surface area contributed by atoms with Gasteiger partial charge in [0.1, 0.15) is 5.75 Å². The van der Waals surface area contributed by atoms with Crippen LogP contribution in [0.4, 0.5) is 0 Å². The Morgan fingerprint density at radius 3 is 2.56 bits per heavy atom. The highest BCUT2D eigenvalue weighted by Gasteiger charge is 2.20. The molecule has 0 radical (unpaired) electrons. The van der Waals surface area contributed by atoms with Crippen LogP contribution < -0.4 is 4.74 Å². The minimum atomic E-state index is -0.611. The molecule has 0 bridgehead atoms. The largest absolute Gasteiger partial charge is 0.481 e. The number of para-hydroxylation sites is 1. The predicted octanol–water partition coefficient (Wildman–Crippen LogP) is 1.91. The molecule has 0 saturated heterocycles. The van der Waals surface area contributed by atoms with E-state index in [1.807, 2.05) is 30.3 Å². The van der Waals surface area contributed by atoms with E-state index in [9.17, 15) is 5.11 Å². The third kappa shape index (κ3) is 2.41. The van der Waals surface area contributed by atoms with Crippen LogP contribution in [-0.2, 0) is 0 Å². The fourth-order valence-electron chi connectivity index (χ4n) is 1.49. The average molecular weight is 218 g/mol. The molecule has 4 nitrogen and oxygen atoms in total. The highest BCUT2D eigenvalue weighted by atomic mass is 16.5. The number of rotatable bonds is 4. The number of nitrogens with zero attached hydrogens (tertiary/aromatic N) is 1. The number of aromatic nitrogens is 2. The lowest BCUT2D eigenvalue weighted by molar-refractivity contribution is 0.0454. The standard InChI is InChI=1S/C12H14N2O2/c1-9(15)12(11-7-8-13-14-11)16-10-5-3-2-4-6-10/h2-9,12,15H,1H3,(H,13,14). The van der Waals surface area contributed by atoms with Gasteiger partial charge in [-0.05, 0) is 25.1 Å². The predicted molar refractivity (Wildman–Crippen MR) is 60.1 cm³/mol. The second-order valence-electron chi connectivity index (χ2n) is 3.60. The van der Waals surface area contributed by atoms with Gasteiger partial charge in [0.05, 0.1) is 11.8 Å². The molecule has 0 saturated carbocycles. The Morgan fingerprint density at radius 2 is 2.00 bits per heavy atom. The second kappa shape index (κ2) is 4.81. The molecule has 0 fully saturated rings. The molecule has 1 aromatic carbocycles. The van der Waals surface area contributed by atoms with E-state index in [1.54, 1.807) is 19.2 Å². The highest BCUT2D eigenvalue weighted by Crippen LogP contribution is 2.22. The Hall–Kier alpha value is -1.81. The van der Waals surface area contributed by atoms with Gasteiger partial charge in [0.2, 0.25) is 0 Å². The molecule has 1 aromatic heterocycles. The normalized spacial score (nSPS) is 14.4. The first-order valence-corrected chi connectivity index (χ1v) is 5.16. The van der Waals surface area contributed by atoms with Crippen LogP contribution >= 0.6 is 0 Å². The molecule has 2 N–H and O–H groups in total. The van der Waals surface area contributed by atoms with Gasteiger partial charge in [0.15, 0.2) is 6.10 Å². The second-order valence-corrected chi connectivity index (χ2v) is 3.60. The summed E-state index contributed by atoms with van der Waals surface area (Å²) in [5.74, 6) is 0.725. The number of ether oxygens (including phenoxy) is 1. The fraction of sp³-hybridized carbons (Fsp3) is 0.250. The number of aliphatic hydroxyl groups excluding tert-OH is 1. The first kappa shape index (κ1) is 10.7. The maximum absolute atomic E-state index is 9.67. The lowest BCUT2D eigenvalue weighted by Crippen LogP contribution is -2.21. The van der Waals surface area contributed by atoms with Crippen LogP contribution in [0, 0.1) is 0 Å². The first-order chi connectivity index (χ1) is 7.77. The van der Waals surface area contributed by atoms with Crippen molar-refractivity contribution in [2.75, 3.05) is 0 Å². The quantitative estimate of drug-likeness (QED) is 0.824. The summed E-state index contributed by atoms with van der Waals surface area (Å²) in [6.45, 7) is 1.69. The molecule has 4 heteroatoms. The molecule has 84 valence electrons. The Morgan fingerprint density at radius 1 is 1.25 bits per heavy atom. The Kier molecular flexibility index (Phi) is 3.22. The molecule has 2 unspecified atom stereocenters. The smallest absolute Gasteiger partial charge is 0.165 e. The van der Waals surface area contributed by atoms with Crippen LogP contribution in [0.3, 0.4) is 0 Å². The molecule has 0 aliphatic rings. The first-order valence-electron chi connectivity index (χ1n) is 5.16. The Balaban J connectivity index is 2.16. The molecular weight excluding hydrogens is 204 g/mol. The van der Waals surface area contributed by atoms with E-state index in [1.165, 1.54) is 0 Å². The van der Waals surface area contributed by atoms with Crippen LogP contribution in [-0.4, -0.2) is 21.4 Å².